The number of fused-ring (bicyclic) bond motifs is 1. The van der Waals surface area contributed by atoms with Gasteiger partial charge in [0, 0.05) is 17.8 Å². The van der Waals surface area contributed by atoms with Gasteiger partial charge in [0.2, 0.25) is 5.95 Å². The summed E-state index contributed by atoms with van der Waals surface area (Å²) >= 11 is 0. The average molecular weight is 269 g/mol. The first-order chi connectivity index (χ1) is 9.74. The summed E-state index contributed by atoms with van der Waals surface area (Å²) in [6.45, 7) is 1.93. The minimum Gasteiger partial charge on any atom is -0.367 e. The van der Waals surface area contributed by atoms with Crippen molar-refractivity contribution < 1.29 is 0 Å². The van der Waals surface area contributed by atoms with Gasteiger partial charge in [-0.2, -0.15) is 4.98 Å². The topological polar surface area (TPSA) is 75.9 Å². The van der Waals surface area contributed by atoms with Crippen molar-refractivity contribution in [2.45, 2.75) is 32.2 Å². The summed E-state index contributed by atoms with van der Waals surface area (Å²) in [7, 11) is 0. The van der Waals surface area contributed by atoms with Crippen molar-refractivity contribution in [3.8, 4) is 0 Å². The zero-order valence-electron chi connectivity index (χ0n) is 11.6. The SMILES string of the molecule is Cc1cc(NC2CCc3ccccc3C2)nc(NN)n1. The second kappa shape index (κ2) is 5.46. The summed E-state index contributed by atoms with van der Waals surface area (Å²) < 4.78 is 0. The van der Waals surface area contributed by atoms with Crippen molar-refractivity contribution in [3.05, 3.63) is 47.2 Å². The number of nitrogens with zero attached hydrogens (tertiary/aromatic N) is 2. The molecule has 1 aliphatic carbocycles. The molecule has 0 saturated carbocycles. The molecule has 2 aromatic rings. The standard InChI is InChI=1S/C15H19N5/c1-10-8-14(19-15(17-10)20-16)18-13-7-6-11-4-2-3-5-12(11)9-13/h2-5,8,13H,6-7,9,16H2,1H3,(H2,17,18,19,20). The highest BCUT2D eigenvalue weighted by molar-refractivity contribution is 5.43. The minimum atomic E-state index is 0.407. The Labute approximate surface area is 118 Å². The Kier molecular flexibility index (Phi) is 3.52. The Morgan fingerprint density at radius 1 is 1.20 bits per heavy atom. The largest absolute Gasteiger partial charge is 0.367 e. The van der Waals surface area contributed by atoms with Crippen molar-refractivity contribution in [2.75, 3.05) is 10.7 Å². The van der Waals surface area contributed by atoms with Crippen molar-refractivity contribution >= 4 is 11.8 Å². The fraction of sp³-hybridized carbons (Fsp3) is 0.333. The van der Waals surface area contributed by atoms with E-state index in [9.17, 15) is 0 Å². The van der Waals surface area contributed by atoms with E-state index in [0.29, 0.717) is 12.0 Å². The molecular formula is C15H19N5. The van der Waals surface area contributed by atoms with Crippen LogP contribution in [0.25, 0.3) is 0 Å². The zero-order valence-corrected chi connectivity index (χ0v) is 11.6. The molecule has 0 aliphatic heterocycles. The molecule has 0 amide bonds. The van der Waals surface area contributed by atoms with Crippen LogP contribution in [0.3, 0.4) is 0 Å². The molecule has 1 aromatic heterocycles. The van der Waals surface area contributed by atoms with Crippen LogP contribution >= 0.6 is 0 Å². The van der Waals surface area contributed by atoms with Crippen LogP contribution in [0.2, 0.25) is 0 Å². The van der Waals surface area contributed by atoms with Gasteiger partial charge in [-0.05, 0) is 37.3 Å². The fourth-order valence-electron chi connectivity index (χ4n) is 2.74. The second-order valence-electron chi connectivity index (χ2n) is 5.22. The molecule has 5 nitrogen and oxygen atoms in total. The molecule has 104 valence electrons. The smallest absolute Gasteiger partial charge is 0.239 e. The summed E-state index contributed by atoms with van der Waals surface area (Å²) in [5, 5.41) is 3.49. The van der Waals surface area contributed by atoms with Gasteiger partial charge < -0.3 is 5.32 Å². The monoisotopic (exact) mass is 269 g/mol. The van der Waals surface area contributed by atoms with Gasteiger partial charge in [-0.1, -0.05) is 24.3 Å². The Bertz CT molecular complexity index is 611. The second-order valence-corrected chi connectivity index (χ2v) is 5.22. The number of benzene rings is 1. The molecule has 5 heteroatoms. The van der Waals surface area contributed by atoms with Gasteiger partial charge in [-0.15, -0.1) is 0 Å². The Hall–Kier alpha value is -2.14. The molecule has 0 fully saturated rings. The highest BCUT2D eigenvalue weighted by Gasteiger charge is 2.18. The number of aryl methyl sites for hydroxylation is 2. The first-order valence-corrected chi connectivity index (χ1v) is 6.90. The van der Waals surface area contributed by atoms with E-state index >= 15 is 0 Å². The predicted molar refractivity (Wildman–Crippen MR) is 80.5 cm³/mol. The first-order valence-electron chi connectivity index (χ1n) is 6.90. The van der Waals surface area contributed by atoms with E-state index in [1.54, 1.807) is 0 Å². The number of anilines is 2. The van der Waals surface area contributed by atoms with Crippen LogP contribution in [-0.4, -0.2) is 16.0 Å². The van der Waals surface area contributed by atoms with E-state index < -0.39 is 0 Å². The maximum atomic E-state index is 5.38. The normalized spacial score (nSPS) is 17.4. The number of nitrogen functional groups attached to an aromatic ring is 1. The van der Waals surface area contributed by atoms with Crippen molar-refractivity contribution in [3.63, 3.8) is 0 Å². The number of rotatable bonds is 3. The third-order valence-electron chi connectivity index (χ3n) is 3.68. The Morgan fingerprint density at radius 3 is 2.80 bits per heavy atom. The van der Waals surface area contributed by atoms with Crippen LogP contribution in [0.15, 0.2) is 30.3 Å². The van der Waals surface area contributed by atoms with Gasteiger partial charge in [0.15, 0.2) is 0 Å². The number of nitrogens with two attached hydrogens (primary N) is 1. The highest BCUT2D eigenvalue weighted by Crippen LogP contribution is 2.23. The van der Waals surface area contributed by atoms with Crippen LogP contribution in [0.5, 0.6) is 0 Å². The Morgan fingerprint density at radius 2 is 2.00 bits per heavy atom. The zero-order chi connectivity index (χ0) is 13.9. The van der Waals surface area contributed by atoms with Crippen LogP contribution in [0.1, 0.15) is 23.2 Å². The molecular weight excluding hydrogens is 250 g/mol. The van der Waals surface area contributed by atoms with Gasteiger partial charge in [-0.25, -0.2) is 10.8 Å². The summed E-state index contributed by atoms with van der Waals surface area (Å²) in [5.41, 5.74) is 6.29. The number of nitrogens with one attached hydrogen (secondary N) is 2. The third-order valence-corrected chi connectivity index (χ3v) is 3.68. The quantitative estimate of drug-likeness (QED) is 0.587. The molecule has 0 saturated heterocycles. The third kappa shape index (κ3) is 2.72. The maximum absolute atomic E-state index is 5.38. The average Bonchev–Trinajstić information content (AvgIpc) is 2.46. The summed E-state index contributed by atoms with van der Waals surface area (Å²) in [4.78, 5) is 8.54. The molecule has 1 heterocycles. The summed E-state index contributed by atoms with van der Waals surface area (Å²) in [6.07, 6.45) is 3.26. The Balaban J connectivity index is 1.75. The highest BCUT2D eigenvalue weighted by atomic mass is 15.3. The van der Waals surface area contributed by atoms with Crippen LogP contribution < -0.4 is 16.6 Å². The van der Waals surface area contributed by atoms with Gasteiger partial charge in [0.05, 0.1) is 0 Å². The van der Waals surface area contributed by atoms with Gasteiger partial charge in [-0.3, -0.25) is 5.43 Å². The molecule has 20 heavy (non-hydrogen) atoms. The molecule has 1 aliphatic rings. The lowest BCUT2D eigenvalue weighted by Crippen LogP contribution is -2.28. The van der Waals surface area contributed by atoms with Crippen molar-refractivity contribution in [1.29, 1.82) is 0 Å². The van der Waals surface area contributed by atoms with E-state index in [4.69, 9.17) is 5.84 Å². The van der Waals surface area contributed by atoms with Gasteiger partial charge >= 0.3 is 0 Å². The minimum absolute atomic E-state index is 0.407. The number of hydrazine groups is 1. The molecule has 0 spiro atoms. The maximum Gasteiger partial charge on any atom is 0.239 e. The van der Waals surface area contributed by atoms with Crippen LogP contribution in [0, 0.1) is 6.92 Å². The molecule has 1 aromatic carbocycles. The first kappa shape index (κ1) is 12.9. The molecule has 0 bridgehead atoms. The fourth-order valence-corrected chi connectivity index (χ4v) is 2.74. The molecule has 1 atom stereocenters. The molecule has 3 rings (SSSR count). The molecule has 0 radical (unpaired) electrons. The predicted octanol–water partition coefficient (Wildman–Crippen LogP) is 2.04. The van der Waals surface area contributed by atoms with Gasteiger partial charge in [0.25, 0.3) is 0 Å². The lowest BCUT2D eigenvalue weighted by Gasteiger charge is -2.26. The number of hydrogen-bond acceptors (Lipinski definition) is 5. The lowest BCUT2D eigenvalue weighted by atomic mass is 9.88. The lowest BCUT2D eigenvalue weighted by molar-refractivity contribution is 0.608. The summed E-state index contributed by atoms with van der Waals surface area (Å²) in [6, 6.07) is 11.0. The molecule has 1 unspecified atom stereocenters. The van der Waals surface area contributed by atoms with E-state index in [2.05, 4.69) is 45.0 Å². The van der Waals surface area contributed by atoms with Crippen LogP contribution in [-0.2, 0) is 12.8 Å². The number of hydrogen-bond donors (Lipinski definition) is 3. The van der Waals surface area contributed by atoms with Crippen LogP contribution in [0.4, 0.5) is 11.8 Å². The number of aromatic nitrogens is 2. The van der Waals surface area contributed by atoms with E-state index in [1.807, 2.05) is 13.0 Å². The van der Waals surface area contributed by atoms with E-state index in [1.165, 1.54) is 11.1 Å². The van der Waals surface area contributed by atoms with Gasteiger partial charge in [0.1, 0.15) is 5.82 Å². The van der Waals surface area contributed by atoms with E-state index in [-0.39, 0.29) is 0 Å². The molecule has 4 N–H and O–H groups in total. The van der Waals surface area contributed by atoms with Crippen molar-refractivity contribution in [1.82, 2.24) is 9.97 Å². The summed E-state index contributed by atoms with van der Waals surface area (Å²) in [5.74, 6) is 6.66. The van der Waals surface area contributed by atoms with E-state index in [0.717, 1.165) is 30.8 Å². The van der Waals surface area contributed by atoms with Crippen molar-refractivity contribution in [2.24, 2.45) is 5.84 Å².